The third-order valence-electron chi connectivity index (χ3n) is 3.20. The van der Waals surface area contributed by atoms with Gasteiger partial charge in [-0.05, 0) is 45.7 Å². The van der Waals surface area contributed by atoms with Crippen molar-refractivity contribution in [3.63, 3.8) is 0 Å². The van der Waals surface area contributed by atoms with Gasteiger partial charge in [-0.15, -0.1) is 0 Å². The second-order valence-electron chi connectivity index (χ2n) is 6.28. The fourth-order valence-corrected chi connectivity index (χ4v) is 2.25. The van der Waals surface area contributed by atoms with Crippen LogP contribution in [0.2, 0.25) is 0 Å². The summed E-state index contributed by atoms with van der Waals surface area (Å²) < 4.78 is 11.2. The van der Waals surface area contributed by atoms with E-state index in [0.29, 0.717) is 24.7 Å². The molecule has 1 aliphatic rings. The summed E-state index contributed by atoms with van der Waals surface area (Å²) in [7, 11) is 0. The molecule has 1 fully saturated rings. The number of carbonyl (C=O) groups excluding carboxylic acids is 1. The number of nitrogens with zero attached hydrogens (tertiary/aromatic N) is 2. The van der Waals surface area contributed by atoms with Crippen LogP contribution < -0.4 is 10.2 Å². The SMILES string of the molecule is CC(C)(C)OC(=O)N1CCCC(Oc2ncccc2NO)C1. The molecule has 1 amide bonds. The lowest BCUT2D eigenvalue weighted by Gasteiger charge is -2.34. The summed E-state index contributed by atoms with van der Waals surface area (Å²) in [6, 6.07) is 3.36. The molecule has 1 aromatic rings. The molecular weight excluding hydrogens is 286 g/mol. The molecule has 0 aliphatic carbocycles. The van der Waals surface area contributed by atoms with Crippen LogP contribution in [-0.4, -0.2) is 46.0 Å². The molecule has 0 bridgehead atoms. The number of aromatic nitrogens is 1. The quantitative estimate of drug-likeness (QED) is 0.835. The number of likely N-dealkylation sites (tertiary alicyclic amines) is 1. The lowest BCUT2D eigenvalue weighted by Crippen LogP contribution is -2.46. The maximum absolute atomic E-state index is 12.1. The van der Waals surface area contributed by atoms with Crippen molar-refractivity contribution in [2.75, 3.05) is 18.6 Å². The Kier molecular flexibility index (Phi) is 5.07. The van der Waals surface area contributed by atoms with E-state index < -0.39 is 5.60 Å². The highest BCUT2D eigenvalue weighted by Crippen LogP contribution is 2.24. The summed E-state index contributed by atoms with van der Waals surface area (Å²) in [6.45, 7) is 6.63. The number of piperidine rings is 1. The molecule has 2 heterocycles. The second kappa shape index (κ2) is 6.83. The van der Waals surface area contributed by atoms with Crippen molar-refractivity contribution < 1.29 is 19.5 Å². The largest absolute Gasteiger partial charge is 0.471 e. The summed E-state index contributed by atoms with van der Waals surface area (Å²) in [5.74, 6) is 0.320. The van der Waals surface area contributed by atoms with Gasteiger partial charge in [-0.1, -0.05) is 0 Å². The van der Waals surface area contributed by atoms with Crippen molar-refractivity contribution in [2.45, 2.75) is 45.3 Å². The van der Waals surface area contributed by atoms with Gasteiger partial charge in [0.15, 0.2) is 0 Å². The summed E-state index contributed by atoms with van der Waals surface area (Å²) in [6.07, 6.45) is 2.73. The van der Waals surface area contributed by atoms with Crippen LogP contribution in [0.15, 0.2) is 18.3 Å². The van der Waals surface area contributed by atoms with Gasteiger partial charge in [-0.3, -0.25) is 10.7 Å². The Morgan fingerprint density at radius 2 is 2.27 bits per heavy atom. The van der Waals surface area contributed by atoms with Crippen LogP contribution in [0.3, 0.4) is 0 Å². The number of rotatable bonds is 3. The van der Waals surface area contributed by atoms with E-state index in [2.05, 4.69) is 10.5 Å². The molecule has 0 aromatic carbocycles. The van der Waals surface area contributed by atoms with Gasteiger partial charge < -0.3 is 14.4 Å². The van der Waals surface area contributed by atoms with Crippen LogP contribution >= 0.6 is 0 Å². The van der Waals surface area contributed by atoms with E-state index in [4.69, 9.17) is 14.7 Å². The average Bonchev–Trinajstić information content (AvgIpc) is 2.46. The van der Waals surface area contributed by atoms with Crippen LogP contribution in [0.5, 0.6) is 5.88 Å². The summed E-state index contributed by atoms with van der Waals surface area (Å²) in [4.78, 5) is 17.9. The van der Waals surface area contributed by atoms with E-state index in [-0.39, 0.29) is 12.2 Å². The summed E-state index contributed by atoms with van der Waals surface area (Å²) in [5.41, 5.74) is 1.94. The van der Waals surface area contributed by atoms with Crippen LogP contribution in [0.4, 0.5) is 10.5 Å². The zero-order valence-corrected chi connectivity index (χ0v) is 13.2. The molecule has 1 atom stereocenters. The van der Waals surface area contributed by atoms with Crippen LogP contribution in [0, 0.1) is 0 Å². The second-order valence-corrected chi connectivity index (χ2v) is 6.28. The smallest absolute Gasteiger partial charge is 0.410 e. The predicted octanol–water partition coefficient (Wildman–Crippen LogP) is 2.66. The van der Waals surface area contributed by atoms with E-state index in [1.165, 1.54) is 0 Å². The molecule has 1 unspecified atom stereocenters. The van der Waals surface area contributed by atoms with Crippen molar-refractivity contribution in [1.29, 1.82) is 0 Å². The zero-order valence-electron chi connectivity index (χ0n) is 13.2. The van der Waals surface area contributed by atoms with Crippen LogP contribution in [0.25, 0.3) is 0 Å². The number of pyridine rings is 1. The predicted molar refractivity (Wildman–Crippen MR) is 81.1 cm³/mol. The normalized spacial score (nSPS) is 18.7. The Morgan fingerprint density at radius 1 is 1.50 bits per heavy atom. The first kappa shape index (κ1) is 16.4. The molecule has 2 N–H and O–H groups in total. The van der Waals surface area contributed by atoms with Crippen molar-refractivity contribution in [3.8, 4) is 5.88 Å². The highest BCUT2D eigenvalue weighted by atomic mass is 16.6. The molecule has 1 saturated heterocycles. The van der Waals surface area contributed by atoms with Gasteiger partial charge in [0.25, 0.3) is 0 Å². The van der Waals surface area contributed by atoms with Crippen LogP contribution in [-0.2, 0) is 4.74 Å². The zero-order chi connectivity index (χ0) is 16.2. The van der Waals surface area contributed by atoms with E-state index in [1.54, 1.807) is 23.2 Å². The van der Waals surface area contributed by atoms with Gasteiger partial charge in [0, 0.05) is 12.7 Å². The number of hydrogen-bond acceptors (Lipinski definition) is 6. The lowest BCUT2D eigenvalue weighted by molar-refractivity contribution is 0.00726. The number of anilines is 1. The average molecular weight is 309 g/mol. The highest BCUT2D eigenvalue weighted by molar-refractivity contribution is 5.68. The number of carbonyl (C=O) groups is 1. The minimum atomic E-state index is -0.514. The lowest BCUT2D eigenvalue weighted by atomic mass is 10.1. The third kappa shape index (κ3) is 4.49. The van der Waals surface area contributed by atoms with Crippen LogP contribution in [0.1, 0.15) is 33.6 Å². The first-order valence-electron chi connectivity index (χ1n) is 7.39. The molecule has 7 nitrogen and oxygen atoms in total. The minimum absolute atomic E-state index is 0.178. The number of ether oxygens (including phenoxy) is 2. The molecule has 22 heavy (non-hydrogen) atoms. The number of amides is 1. The standard InChI is InChI=1S/C15H23N3O4/c1-15(2,3)22-14(19)18-9-5-6-11(10-18)21-13-12(17-20)7-4-8-16-13/h4,7-8,11,17,20H,5-6,9-10H2,1-3H3. The Hall–Kier alpha value is -2.02. The van der Waals surface area contributed by atoms with Gasteiger partial charge in [-0.2, -0.15) is 0 Å². The van der Waals surface area contributed by atoms with Gasteiger partial charge in [-0.25, -0.2) is 9.78 Å². The van der Waals surface area contributed by atoms with Crippen molar-refractivity contribution in [2.24, 2.45) is 0 Å². The highest BCUT2D eigenvalue weighted by Gasteiger charge is 2.29. The molecule has 1 aromatic heterocycles. The molecule has 0 saturated carbocycles. The van der Waals surface area contributed by atoms with Crippen molar-refractivity contribution >= 4 is 11.8 Å². The fourth-order valence-electron chi connectivity index (χ4n) is 2.25. The van der Waals surface area contributed by atoms with Gasteiger partial charge >= 0.3 is 6.09 Å². The van der Waals surface area contributed by atoms with Gasteiger partial charge in [0.1, 0.15) is 17.4 Å². The number of nitrogens with one attached hydrogen (secondary N) is 1. The molecule has 0 spiro atoms. The van der Waals surface area contributed by atoms with E-state index in [0.717, 1.165) is 12.8 Å². The molecule has 0 radical (unpaired) electrons. The third-order valence-corrected chi connectivity index (χ3v) is 3.20. The first-order chi connectivity index (χ1) is 10.4. The van der Waals surface area contributed by atoms with Crippen molar-refractivity contribution in [3.05, 3.63) is 18.3 Å². The molecule has 7 heteroatoms. The number of hydrogen-bond donors (Lipinski definition) is 2. The fraction of sp³-hybridized carbons (Fsp3) is 0.600. The molecule has 2 rings (SSSR count). The van der Waals surface area contributed by atoms with E-state index in [9.17, 15) is 4.79 Å². The Labute approximate surface area is 130 Å². The first-order valence-corrected chi connectivity index (χ1v) is 7.39. The summed E-state index contributed by atoms with van der Waals surface area (Å²) >= 11 is 0. The maximum Gasteiger partial charge on any atom is 0.410 e. The molecular formula is C15H23N3O4. The topological polar surface area (TPSA) is 83.9 Å². The minimum Gasteiger partial charge on any atom is -0.471 e. The maximum atomic E-state index is 12.1. The van der Waals surface area contributed by atoms with Gasteiger partial charge in [0.2, 0.25) is 5.88 Å². The monoisotopic (exact) mass is 309 g/mol. The summed E-state index contributed by atoms with van der Waals surface area (Å²) in [5, 5.41) is 9.06. The molecule has 1 aliphatic heterocycles. The van der Waals surface area contributed by atoms with Gasteiger partial charge in [0.05, 0.1) is 6.54 Å². The Morgan fingerprint density at radius 3 is 2.95 bits per heavy atom. The van der Waals surface area contributed by atoms with E-state index >= 15 is 0 Å². The van der Waals surface area contributed by atoms with Crippen molar-refractivity contribution in [1.82, 2.24) is 9.88 Å². The Balaban J connectivity index is 1.97. The Bertz CT molecular complexity index is 516. The molecule has 122 valence electrons. The van der Waals surface area contributed by atoms with E-state index in [1.807, 2.05) is 20.8 Å².